The SMILES string of the molecule is CC.Cc1nn(-c2cc3cn(C)nc3nc2C2CC2)cc1C(C)C. The molecule has 3 aromatic rings. The number of hydrogen-bond donors (Lipinski definition) is 0. The molecule has 1 aliphatic carbocycles. The summed E-state index contributed by atoms with van der Waals surface area (Å²) >= 11 is 0. The minimum atomic E-state index is 0.480. The van der Waals surface area contributed by atoms with Gasteiger partial charge in [0.2, 0.25) is 0 Å². The van der Waals surface area contributed by atoms with E-state index in [-0.39, 0.29) is 0 Å². The van der Waals surface area contributed by atoms with Crippen LogP contribution in [0.2, 0.25) is 0 Å². The largest absolute Gasteiger partial charge is 0.273 e. The molecule has 0 radical (unpaired) electrons. The predicted octanol–water partition coefficient (Wildman–Crippen LogP) is 4.49. The third kappa shape index (κ3) is 2.95. The molecule has 4 rings (SSSR count). The third-order valence-electron chi connectivity index (χ3n) is 4.39. The highest BCUT2D eigenvalue weighted by atomic mass is 15.3. The Kier molecular flexibility index (Phi) is 4.43. The predicted molar refractivity (Wildman–Crippen MR) is 97.8 cm³/mol. The lowest BCUT2D eigenvalue weighted by Gasteiger charge is -2.08. The zero-order valence-corrected chi connectivity index (χ0v) is 15.5. The molecule has 3 heterocycles. The number of nitrogens with zero attached hydrogens (tertiary/aromatic N) is 5. The molecular weight excluding hydrogens is 298 g/mol. The fraction of sp³-hybridized carbons (Fsp3) is 0.526. The molecule has 24 heavy (non-hydrogen) atoms. The Bertz CT molecular complexity index is 852. The van der Waals surface area contributed by atoms with Gasteiger partial charge in [-0.1, -0.05) is 27.7 Å². The molecule has 0 bridgehead atoms. The normalized spacial score (nSPS) is 14.1. The number of rotatable bonds is 3. The van der Waals surface area contributed by atoms with Gasteiger partial charge in [-0.25, -0.2) is 9.67 Å². The van der Waals surface area contributed by atoms with Gasteiger partial charge in [0.25, 0.3) is 0 Å². The summed E-state index contributed by atoms with van der Waals surface area (Å²) in [6.45, 7) is 10.5. The first kappa shape index (κ1) is 16.7. The van der Waals surface area contributed by atoms with Gasteiger partial charge in [0.05, 0.1) is 17.1 Å². The van der Waals surface area contributed by atoms with E-state index in [2.05, 4.69) is 38.1 Å². The van der Waals surface area contributed by atoms with Gasteiger partial charge in [0.1, 0.15) is 0 Å². The molecule has 0 atom stereocenters. The zero-order valence-electron chi connectivity index (χ0n) is 15.5. The summed E-state index contributed by atoms with van der Waals surface area (Å²) < 4.78 is 3.84. The van der Waals surface area contributed by atoms with Gasteiger partial charge in [-0.15, -0.1) is 0 Å². The molecule has 0 aromatic carbocycles. The van der Waals surface area contributed by atoms with Crippen molar-refractivity contribution in [3.8, 4) is 5.69 Å². The minimum Gasteiger partial charge on any atom is -0.273 e. The fourth-order valence-corrected chi connectivity index (χ4v) is 3.08. The summed E-state index contributed by atoms with van der Waals surface area (Å²) in [5.74, 6) is 1.04. The molecule has 0 saturated heterocycles. The van der Waals surface area contributed by atoms with Crippen LogP contribution < -0.4 is 0 Å². The highest BCUT2D eigenvalue weighted by Gasteiger charge is 2.29. The van der Waals surface area contributed by atoms with Gasteiger partial charge >= 0.3 is 0 Å². The Morgan fingerprint density at radius 3 is 2.42 bits per heavy atom. The van der Waals surface area contributed by atoms with E-state index in [1.54, 1.807) is 0 Å². The monoisotopic (exact) mass is 325 g/mol. The van der Waals surface area contributed by atoms with Crippen LogP contribution in [0.15, 0.2) is 18.5 Å². The lowest BCUT2D eigenvalue weighted by molar-refractivity contribution is 0.773. The first-order valence-electron chi connectivity index (χ1n) is 8.93. The minimum absolute atomic E-state index is 0.480. The first-order valence-corrected chi connectivity index (χ1v) is 8.93. The molecule has 5 heteroatoms. The molecule has 1 aliphatic rings. The Morgan fingerprint density at radius 1 is 1.12 bits per heavy atom. The third-order valence-corrected chi connectivity index (χ3v) is 4.39. The summed E-state index contributed by atoms with van der Waals surface area (Å²) in [7, 11) is 1.94. The van der Waals surface area contributed by atoms with E-state index in [0.29, 0.717) is 11.8 Å². The van der Waals surface area contributed by atoms with Crippen LogP contribution in [-0.2, 0) is 7.05 Å². The summed E-state index contributed by atoms with van der Waals surface area (Å²) in [6.07, 6.45) is 6.61. The van der Waals surface area contributed by atoms with Crippen molar-refractivity contribution in [2.24, 2.45) is 7.05 Å². The van der Waals surface area contributed by atoms with Gasteiger partial charge in [0.15, 0.2) is 5.65 Å². The molecule has 0 unspecified atom stereocenters. The Hall–Kier alpha value is -2.17. The Balaban J connectivity index is 0.000000815. The van der Waals surface area contributed by atoms with Gasteiger partial charge in [-0.2, -0.15) is 10.2 Å². The number of fused-ring (bicyclic) bond motifs is 1. The summed E-state index contributed by atoms with van der Waals surface area (Å²) in [6, 6.07) is 2.18. The van der Waals surface area contributed by atoms with E-state index in [1.807, 2.05) is 36.5 Å². The lowest BCUT2D eigenvalue weighted by Crippen LogP contribution is -2.02. The molecule has 1 fully saturated rings. The quantitative estimate of drug-likeness (QED) is 0.713. The van der Waals surface area contributed by atoms with Crippen molar-refractivity contribution in [3.63, 3.8) is 0 Å². The second-order valence-corrected chi connectivity index (χ2v) is 6.65. The van der Waals surface area contributed by atoms with Crippen LogP contribution in [0.1, 0.15) is 69.3 Å². The Morgan fingerprint density at radius 2 is 1.83 bits per heavy atom. The zero-order chi connectivity index (χ0) is 17.4. The molecule has 128 valence electrons. The fourth-order valence-electron chi connectivity index (χ4n) is 3.08. The average molecular weight is 325 g/mol. The Labute approximate surface area is 143 Å². The van der Waals surface area contributed by atoms with Gasteiger partial charge < -0.3 is 0 Å². The van der Waals surface area contributed by atoms with Crippen molar-refractivity contribution in [3.05, 3.63) is 35.4 Å². The number of aromatic nitrogens is 5. The number of aryl methyl sites for hydroxylation is 2. The van der Waals surface area contributed by atoms with Crippen LogP contribution in [0.4, 0.5) is 0 Å². The topological polar surface area (TPSA) is 48.5 Å². The van der Waals surface area contributed by atoms with Crippen molar-refractivity contribution in [2.45, 2.75) is 59.3 Å². The van der Waals surface area contributed by atoms with Crippen molar-refractivity contribution < 1.29 is 0 Å². The van der Waals surface area contributed by atoms with E-state index >= 15 is 0 Å². The molecule has 5 nitrogen and oxygen atoms in total. The van der Waals surface area contributed by atoms with Crippen LogP contribution in [-0.4, -0.2) is 24.5 Å². The van der Waals surface area contributed by atoms with Crippen LogP contribution in [0, 0.1) is 6.92 Å². The first-order chi connectivity index (χ1) is 11.5. The molecule has 0 spiro atoms. The summed E-state index contributed by atoms with van der Waals surface area (Å²) in [5, 5.41) is 10.3. The molecule has 0 aliphatic heterocycles. The second kappa shape index (κ2) is 6.38. The van der Waals surface area contributed by atoms with Gasteiger partial charge in [0, 0.05) is 30.7 Å². The van der Waals surface area contributed by atoms with E-state index in [9.17, 15) is 0 Å². The molecule has 3 aromatic heterocycles. The van der Waals surface area contributed by atoms with Crippen LogP contribution in [0.3, 0.4) is 0 Å². The second-order valence-electron chi connectivity index (χ2n) is 6.65. The number of pyridine rings is 1. The highest BCUT2D eigenvalue weighted by Crippen LogP contribution is 2.42. The van der Waals surface area contributed by atoms with Crippen molar-refractivity contribution in [1.82, 2.24) is 24.5 Å². The molecular formula is C19H27N5. The van der Waals surface area contributed by atoms with Gasteiger partial charge in [-0.3, -0.25) is 4.68 Å². The van der Waals surface area contributed by atoms with Crippen molar-refractivity contribution >= 4 is 11.0 Å². The lowest BCUT2D eigenvalue weighted by atomic mass is 10.1. The maximum Gasteiger partial charge on any atom is 0.181 e. The number of hydrogen-bond acceptors (Lipinski definition) is 3. The van der Waals surface area contributed by atoms with Crippen molar-refractivity contribution in [2.75, 3.05) is 0 Å². The summed E-state index contributed by atoms with van der Waals surface area (Å²) in [5.41, 5.74) is 5.49. The van der Waals surface area contributed by atoms with E-state index in [1.165, 1.54) is 18.4 Å². The highest BCUT2D eigenvalue weighted by molar-refractivity contribution is 5.77. The van der Waals surface area contributed by atoms with Crippen LogP contribution in [0.5, 0.6) is 0 Å². The molecule has 1 saturated carbocycles. The van der Waals surface area contributed by atoms with Crippen LogP contribution in [0.25, 0.3) is 16.7 Å². The van der Waals surface area contributed by atoms with Gasteiger partial charge in [-0.05, 0) is 37.3 Å². The van der Waals surface area contributed by atoms with Crippen molar-refractivity contribution in [1.29, 1.82) is 0 Å². The average Bonchev–Trinajstić information content (AvgIpc) is 3.22. The van der Waals surface area contributed by atoms with Crippen LogP contribution >= 0.6 is 0 Å². The summed E-state index contributed by atoms with van der Waals surface area (Å²) in [4.78, 5) is 4.83. The van der Waals surface area contributed by atoms with E-state index in [0.717, 1.165) is 28.1 Å². The van der Waals surface area contributed by atoms with E-state index < -0.39 is 0 Å². The maximum atomic E-state index is 4.83. The standard InChI is InChI=1S/C17H21N5.C2H6/c1-10(2)14-9-22(19-11(14)3)15-7-13-8-21(4)20-17(13)18-16(15)12-5-6-12;1-2/h7-10,12H,5-6H2,1-4H3;1-2H3. The maximum absolute atomic E-state index is 4.83. The molecule has 0 N–H and O–H groups in total. The van der Waals surface area contributed by atoms with E-state index in [4.69, 9.17) is 10.1 Å². The smallest absolute Gasteiger partial charge is 0.181 e. The molecule has 0 amide bonds.